The molecule has 0 unspecified atom stereocenters. The van der Waals surface area contributed by atoms with E-state index in [0.717, 1.165) is 18.2 Å². The van der Waals surface area contributed by atoms with Crippen molar-refractivity contribution in [3.8, 4) is 0 Å². The van der Waals surface area contributed by atoms with E-state index in [1.165, 1.54) is 10.8 Å². The largest absolute Gasteiger partial charge is 0.399 e. The molecule has 0 atom stereocenters. The van der Waals surface area contributed by atoms with Crippen LogP contribution < -0.4 is 11.4 Å². The standard InChI is InChI=1S/C13H14N4O3/c14-11-5-3-10(4-6-11)2-1-7-16-9-12(17(19)20)8-15-13(16)18/h3-6,8-9H,1-2,7,14H2. The summed E-state index contributed by atoms with van der Waals surface area (Å²) < 4.78 is 1.26. The first kappa shape index (κ1) is 13.7. The van der Waals surface area contributed by atoms with Crippen LogP contribution in [0.1, 0.15) is 12.0 Å². The molecule has 0 aliphatic heterocycles. The summed E-state index contributed by atoms with van der Waals surface area (Å²) in [4.78, 5) is 25.0. The zero-order valence-corrected chi connectivity index (χ0v) is 10.7. The number of nitrogens with zero attached hydrogens (tertiary/aromatic N) is 3. The lowest BCUT2D eigenvalue weighted by Crippen LogP contribution is -2.22. The topological polar surface area (TPSA) is 104 Å². The summed E-state index contributed by atoms with van der Waals surface area (Å²) in [5, 5.41) is 10.6. The van der Waals surface area contributed by atoms with Crippen LogP contribution in [-0.4, -0.2) is 14.5 Å². The number of nitrogen functional groups attached to an aromatic ring is 1. The first-order valence-corrected chi connectivity index (χ1v) is 6.11. The Bertz CT molecular complexity index is 664. The molecule has 2 N–H and O–H groups in total. The molecule has 0 fully saturated rings. The second-order valence-electron chi connectivity index (χ2n) is 4.39. The zero-order chi connectivity index (χ0) is 14.5. The van der Waals surface area contributed by atoms with Gasteiger partial charge in [-0.25, -0.2) is 4.79 Å². The van der Waals surface area contributed by atoms with Crippen LogP contribution in [0.5, 0.6) is 0 Å². The lowest BCUT2D eigenvalue weighted by Gasteiger charge is -2.05. The number of benzene rings is 1. The van der Waals surface area contributed by atoms with Gasteiger partial charge in [-0.15, -0.1) is 0 Å². The van der Waals surface area contributed by atoms with Gasteiger partial charge in [0.25, 0.3) is 0 Å². The first-order valence-electron chi connectivity index (χ1n) is 6.11. The Labute approximate surface area is 114 Å². The third-order valence-corrected chi connectivity index (χ3v) is 2.90. The van der Waals surface area contributed by atoms with Gasteiger partial charge >= 0.3 is 11.4 Å². The van der Waals surface area contributed by atoms with Crippen molar-refractivity contribution < 1.29 is 4.92 Å². The van der Waals surface area contributed by atoms with Crippen LogP contribution in [0.2, 0.25) is 0 Å². The van der Waals surface area contributed by atoms with E-state index in [9.17, 15) is 14.9 Å². The summed E-state index contributed by atoms with van der Waals surface area (Å²) in [6, 6.07) is 7.47. The molecule has 1 heterocycles. The van der Waals surface area contributed by atoms with E-state index in [4.69, 9.17) is 5.73 Å². The van der Waals surface area contributed by atoms with E-state index < -0.39 is 10.6 Å². The molecular formula is C13H14N4O3. The van der Waals surface area contributed by atoms with Crippen molar-refractivity contribution in [2.24, 2.45) is 0 Å². The third-order valence-electron chi connectivity index (χ3n) is 2.90. The molecule has 0 spiro atoms. The van der Waals surface area contributed by atoms with Gasteiger partial charge in [0.2, 0.25) is 0 Å². The second kappa shape index (κ2) is 5.96. The third kappa shape index (κ3) is 3.41. The van der Waals surface area contributed by atoms with Crippen molar-refractivity contribution in [1.29, 1.82) is 0 Å². The number of nitro groups is 1. The summed E-state index contributed by atoms with van der Waals surface area (Å²) >= 11 is 0. The molecular weight excluding hydrogens is 260 g/mol. The number of nitrogens with two attached hydrogens (primary N) is 1. The normalized spacial score (nSPS) is 10.4. The van der Waals surface area contributed by atoms with Crippen molar-refractivity contribution in [2.45, 2.75) is 19.4 Å². The molecule has 20 heavy (non-hydrogen) atoms. The van der Waals surface area contributed by atoms with Crippen molar-refractivity contribution >= 4 is 11.4 Å². The summed E-state index contributed by atoms with van der Waals surface area (Å²) in [6.45, 7) is 0.387. The Morgan fingerprint density at radius 1 is 1.30 bits per heavy atom. The van der Waals surface area contributed by atoms with Gasteiger partial charge in [-0.3, -0.25) is 14.7 Å². The smallest absolute Gasteiger partial charge is 0.347 e. The van der Waals surface area contributed by atoms with Crippen LogP contribution in [0.3, 0.4) is 0 Å². The van der Waals surface area contributed by atoms with E-state index in [2.05, 4.69) is 4.98 Å². The number of hydrogen-bond acceptors (Lipinski definition) is 5. The van der Waals surface area contributed by atoms with Crippen molar-refractivity contribution in [3.63, 3.8) is 0 Å². The zero-order valence-electron chi connectivity index (χ0n) is 10.7. The molecule has 0 saturated heterocycles. The number of aromatic nitrogens is 2. The minimum Gasteiger partial charge on any atom is -0.399 e. The van der Waals surface area contributed by atoms with Gasteiger partial charge in [-0.05, 0) is 30.5 Å². The molecule has 104 valence electrons. The SMILES string of the molecule is Nc1ccc(CCCn2cc([N+](=O)[O-])cnc2=O)cc1. The van der Waals surface area contributed by atoms with E-state index in [0.29, 0.717) is 18.7 Å². The van der Waals surface area contributed by atoms with Gasteiger partial charge in [0.15, 0.2) is 0 Å². The second-order valence-corrected chi connectivity index (χ2v) is 4.39. The molecule has 7 heteroatoms. The molecule has 0 aliphatic carbocycles. The highest BCUT2D eigenvalue weighted by Gasteiger charge is 2.08. The van der Waals surface area contributed by atoms with Crippen LogP contribution in [0.25, 0.3) is 0 Å². The summed E-state index contributed by atoms with van der Waals surface area (Å²) in [5.41, 5.74) is 6.74. The van der Waals surface area contributed by atoms with Gasteiger partial charge < -0.3 is 5.73 Å². The predicted molar refractivity (Wildman–Crippen MR) is 74.3 cm³/mol. The maximum absolute atomic E-state index is 11.5. The van der Waals surface area contributed by atoms with Gasteiger partial charge in [-0.2, -0.15) is 4.98 Å². The van der Waals surface area contributed by atoms with Crippen LogP contribution in [-0.2, 0) is 13.0 Å². The molecule has 0 saturated carbocycles. The summed E-state index contributed by atoms with van der Waals surface area (Å²) in [5.74, 6) is 0. The number of aryl methyl sites for hydroxylation is 2. The monoisotopic (exact) mass is 274 g/mol. The molecule has 0 radical (unpaired) electrons. The molecule has 1 aromatic heterocycles. The Balaban J connectivity index is 2.00. The summed E-state index contributed by atoms with van der Waals surface area (Å²) in [7, 11) is 0. The molecule has 1 aromatic carbocycles. The van der Waals surface area contributed by atoms with Gasteiger partial charge in [0, 0.05) is 12.2 Å². The number of anilines is 1. The Hall–Kier alpha value is -2.70. The Kier molecular flexibility index (Phi) is 4.09. The fraction of sp³-hybridized carbons (Fsp3) is 0.231. The predicted octanol–water partition coefficient (Wildman–Crippen LogP) is 1.37. The summed E-state index contributed by atoms with van der Waals surface area (Å²) in [6.07, 6.45) is 3.64. The van der Waals surface area contributed by atoms with Gasteiger partial charge in [0.05, 0.1) is 11.1 Å². The fourth-order valence-corrected chi connectivity index (χ4v) is 1.84. The highest BCUT2D eigenvalue weighted by Crippen LogP contribution is 2.09. The molecule has 2 aromatic rings. The van der Waals surface area contributed by atoms with Crippen molar-refractivity contribution in [3.05, 3.63) is 62.8 Å². The minimum atomic E-state index is -0.567. The lowest BCUT2D eigenvalue weighted by molar-refractivity contribution is -0.385. The molecule has 0 aliphatic rings. The van der Waals surface area contributed by atoms with Crippen LogP contribution in [0, 0.1) is 10.1 Å². The van der Waals surface area contributed by atoms with E-state index in [1.807, 2.05) is 24.3 Å². The Morgan fingerprint density at radius 3 is 2.65 bits per heavy atom. The fourth-order valence-electron chi connectivity index (χ4n) is 1.84. The molecule has 0 bridgehead atoms. The van der Waals surface area contributed by atoms with Crippen molar-refractivity contribution in [2.75, 3.05) is 5.73 Å². The van der Waals surface area contributed by atoms with Crippen LogP contribution in [0.15, 0.2) is 41.5 Å². The van der Waals surface area contributed by atoms with Crippen LogP contribution >= 0.6 is 0 Å². The number of rotatable bonds is 5. The molecule has 2 rings (SSSR count). The average Bonchev–Trinajstić information content (AvgIpc) is 2.43. The van der Waals surface area contributed by atoms with Gasteiger partial charge in [0.1, 0.15) is 6.20 Å². The minimum absolute atomic E-state index is 0.183. The molecule has 0 amide bonds. The highest BCUT2D eigenvalue weighted by molar-refractivity contribution is 5.39. The van der Waals surface area contributed by atoms with E-state index in [1.54, 1.807) is 0 Å². The lowest BCUT2D eigenvalue weighted by atomic mass is 10.1. The molecule has 7 nitrogen and oxygen atoms in total. The van der Waals surface area contributed by atoms with E-state index >= 15 is 0 Å². The van der Waals surface area contributed by atoms with Crippen molar-refractivity contribution in [1.82, 2.24) is 9.55 Å². The van der Waals surface area contributed by atoms with Gasteiger partial charge in [-0.1, -0.05) is 12.1 Å². The Morgan fingerprint density at radius 2 is 2.00 bits per heavy atom. The van der Waals surface area contributed by atoms with E-state index in [-0.39, 0.29) is 5.69 Å². The quantitative estimate of drug-likeness (QED) is 0.503. The number of hydrogen-bond donors (Lipinski definition) is 1. The average molecular weight is 274 g/mol. The maximum Gasteiger partial charge on any atom is 0.347 e. The highest BCUT2D eigenvalue weighted by atomic mass is 16.6. The maximum atomic E-state index is 11.5. The van der Waals surface area contributed by atoms with Crippen LogP contribution in [0.4, 0.5) is 11.4 Å². The first-order chi connectivity index (χ1) is 9.56.